The van der Waals surface area contributed by atoms with Crippen LogP contribution < -0.4 is 5.32 Å². The van der Waals surface area contributed by atoms with Crippen LogP contribution in [0, 0.1) is 5.92 Å². The van der Waals surface area contributed by atoms with Gasteiger partial charge in [0.05, 0.1) is 0 Å². The van der Waals surface area contributed by atoms with Gasteiger partial charge in [-0.15, -0.1) is 0 Å². The van der Waals surface area contributed by atoms with Crippen molar-refractivity contribution in [3.63, 3.8) is 0 Å². The SMILES string of the molecule is CCNC(CC1CC1)c1ccc(Cc2ccccc2)cc1. The van der Waals surface area contributed by atoms with Gasteiger partial charge < -0.3 is 5.32 Å². The van der Waals surface area contributed by atoms with Gasteiger partial charge in [0.2, 0.25) is 0 Å². The molecule has 0 aromatic heterocycles. The molecule has 1 atom stereocenters. The molecule has 3 rings (SSSR count). The maximum absolute atomic E-state index is 3.64. The standard InChI is InChI=1S/C20H25N/c1-2-21-20(15-18-8-9-18)19-12-10-17(11-13-19)14-16-6-4-3-5-7-16/h3-7,10-13,18,20-21H,2,8-9,14-15H2,1H3. The summed E-state index contributed by atoms with van der Waals surface area (Å²) >= 11 is 0. The molecule has 110 valence electrons. The third-order valence-electron chi connectivity index (χ3n) is 4.35. The Morgan fingerprint density at radius 3 is 2.24 bits per heavy atom. The summed E-state index contributed by atoms with van der Waals surface area (Å²) in [6.07, 6.45) is 5.17. The Bertz CT molecular complexity index is 540. The molecule has 1 N–H and O–H groups in total. The van der Waals surface area contributed by atoms with Gasteiger partial charge in [-0.3, -0.25) is 0 Å². The van der Waals surface area contributed by atoms with Crippen LogP contribution in [0.25, 0.3) is 0 Å². The minimum Gasteiger partial charge on any atom is -0.310 e. The van der Waals surface area contributed by atoms with Gasteiger partial charge in [0.15, 0.2) is 0 Å². The first-order chi connectivity index (χ1) is 10.3. The predicted molar refractivity (Wildman–Crippen MR) is 89.4 cm³/mol. The normalized spacial score (nSPS) is 15.9. The quantitative estimate of drug-likeness (QED) is 0.772. The van der Waals surface area contributed by atoms with Gasteiger partial charge in [0.25, 0.3) is 0 Å². The van der Waals surface area contributed by atoms with Gasteiger partial charge in [0, 0.05) is 6.04 Å². The molecule has 0 bridgehead atoms. The summed E-state index contributed by atoms with van der Waals surface area (Å²) in [7, 11) is 0. The lowest BCUT2D eigenvalue weighted by molar-refractivity contribution is 0.487. The number of nitrogens with one attached hydrogen (secondary N) is 1. The van der Waals surface area contributed by atoms with Crippen LogP contribution in [0.2, 0.25) is 0 Å². The molecular formula is C20H25N. The average Bonchev–Trinajstić information content (AvgIpc) is 3.33. The van der Waals surface area contributed by atoms with E-state index >= 15 is 0 Å². The maximum atomic E-state index is 3.64. The molecule has 1 fully saturated rings. The van der Waals surface area contributed by atoms with Crippen molar-refractivity contribution in [2.24, 2.45) is 5.92 Å². The Kier molecular flexibility index (Phi) is 4.72. The topological polar surface area (TPSA) is 12.0 Å². The zero-order valence-electron chi connectivity index (χ0n) is 12.9. The van der Waals surface area contributed by atoms with Gasteiger partial charge in [-0.25, -0.2) is 0 Å². The van der Waals surface area contributed by atoms with Gasteiger partial charge in [-0.1, -0.05) is 74.4 Å². The molecule has 21 heavy (non-hydrogen) atoms. The number of hydrogen-bond acceptors (Lipinski definition) is 1. The highest BCUT2D eigenvalue weighted by molar-refractivity contribution is 5.30. The molecule has 0 aliphatic heterocycles. The molecule has 0 heterocycles. The molecule has 1 saturated carbocycles. The molecular weight excluding hydrogens is 254 g/mol. The first-order valence-electron chi connectivity index (χ1n) is 8.21. The molecule has 1 aliphatic carbocycles. The van der Waals surface area contributed by atoms with E-state index in [2.05, 4.69) is 66.8 Å². The van der Waals surface area contributed by atoms with Crippen molar-refractivity contribution in [2.45, 2.75) is 38.6 Å². The van der Waals surface area contributed by atoms with E-state index in [0.29, 0.717) is 6.04 Å². The second-order valence-electron chi connectivity index (χ2n) is 6.19. The summed E-state index contributed by atoms with van der Waals surface area (Å²) in [4.78, 5) is 0. The Morgan fingerprint density at radius 1 is 0.952 bits per heavy atom. The summed E-state index contributed by atoms with van der Waals surface area (Å²) in [5, 5.41) is 3.64. The fourth-order valence-electron chi connectivity index (χ4n) is 2.97. The van der Waals surface area contributed by atoms with Crippen LogP contribution in [0.3, 0.4) is 0 Å². The highest BCUT2D eigenvalue weighted by atomic mass is 14.9. The number of rotatable bonds is 7. The molecule has 0 radical (unpaired) electrons. The first kappa shape index (κ1) is 14.3. The lowest BCUT2D eigenvalue weighted by atomic mass is 9.98. The van der Waals surface area contributed by atoms with Gasteiger partial charge in [-0.05, 0) is 42.0 Å². The second-order valence-corrected chi connectivity index (χ2v) is 6.19. The van der Waals surface area contributed by atoms with Crippen molar-refractivity contribution in [3.05, 3.63) is 71.3 Å². The zero-order chi connectivity index (χ0) is 14.5. The summed E-state index contributed by atoms with van der Waals surface area (Å²) in [5.74, 6) is 0.957. The van der Waals surface area contributed by atoms with E-state index < -0.39 is 0 Å². The fourth-order valence-corrected chi connectivity index (χ4v) is 2.97. The second kappa shape index (κ2) is 6.91. The van der Waals surface area contributed by atoms with Crippen molar-refractivity contribution in [1.29, 1.82) is 0 Å². The molecule has 2 aromatic rings. The van der Waals surface area contributed by atoms with Gasteiger partial charge in [-0.2, -0.15) is 0 Å². The largest absolute Gasteiger partial charge is 0.310 e. The fraction of sp³-hybridized carbons (Fsp3) is 0.400. The van der Waals surface area contributed by atoms with Crippen molar-refractivity contribution in [3.8, 4) is 0 Å². The Hall–Kier alpha value is -1.60. The van der Waals surface area contributed by atoms with Gasteiger partial charge in [0.1, 0.15) is 0 Å². The van der Waals surface area contributed by atoms with E-state index in [4.69, 9.17) is 0 Å². The minimum absolute atomic E-state index is 0.535. The summed E-state index contributed by atoms with van der Waals surface area (Å²) in [5.41, 5.74) is 4.22. The lowest BCUT2D eigenvalue weighted by Gasteiger charge is -2.18. The van der Waals surface area contributed by atoms with E-state index in [1.165, 1.54) is 36.0 Å². The van der Waals surface area contributed by atoms with Crippen LogP contribution in [-0.2, 0) is 6.42 Å². The highest BCUT2D eigenvalue weighted by Gasteiger charge is 2.25. The van der Waals surface area contributed by atoms with Crippen LogP contribution in [-0.4, -0.2) is 6.54 Å². The summed E-state index contributed by atoms with van der Waals surface area (Å²) in [6.45, 7) is 3.24. The molecule has 1 nitrogen and oxygen atoms in total. The Balaban J connectivity index is 1.67. The van der Waals surface area contributed by atoms with E-state index in [0.717, 1.165) is 18.9 Å². The summed E-state index contributed by atoms with van der Waals surface area (Å²) < 4.78 is 0. The zero-order valence-corrected chi connectivity index (χ0v) is 12.9. The summed E-state index contributed by atoms with van der Waals surface area (Å²) in [6, 6.07) is 20.4. The highest BCUT2D eigenvalue weighted by Crippen LogP contribution is 2.37. The van der Waals surface area contributed by atoms with Crippen molar-refractivity contribution in [1.82, 2.24) is 5.32 Å². The minimum atomic E-state index is 0.535. The maximum Gasteiger partial charge on any atom is 0.0322 e. The van der Waals surface area contributed by atoms with Crippen LogP contribution >= 0.6 is 0 Å². The van der Waals surface area contributed by atoms with Crippen molar-refractivity contribution < 1.29 is 0 Å². The molecule has 0 amide bonds. The molecule has 0 spiro atoms. The Morgan fingerprint density at radius 2 is 1.62 bits per heavy atom. The Labute approximate surface area is 128 Å². The number of benzene rings is 2. The average molecular weight is 279 g/mol. The molecule has 1 heteroatoms. The molecule has 1 unspecified atom stereocenters. The van der Waals surface area contributed by atoms with E-state index in [1.54, 1.807) is 0 Å². The molecule has 2 aromatic carbocycles. The molecule has 1 aliphatic rings. The van der Waals surface area contributed by atoms with E-state index in [9.17, 15) is 0 Å². The lowest BCUT2D eigenvalue weighted by Crippen LogP contribution is -2.21. The first-order valence-corrected chi connectivity index (χ1v) is 8.21. The van der Waals surface area contributed by atoms with Gasteiger partial charge >= 0.3 is 0 Å². The van der Waals surface area contributed by atoms with Crippen molar-refractivity contribution in [2.75, 3.05) is 6.54 Å². The van der Waals surface area contributed by atoms with Crippen LogP contribution in [0.15, 0.2) is 54.6 Å². The number of hydrogen-bond donors (Lipinski definition) is 1. The van der Waals surface area contributed by atoms with Crippen molar-refractivity contribution >= 4 is 0 Å². The third-order valence-corrected chi connectivity index (χ3v) is 4.35. The molecule has 0 saturated heterocycles. The van der Waals surface area contributed by atoms with E-state index in [1.807, 2.05) is 0 Å². The van der Waals surface area contributed by atoms with Crippen LogP contribution in [0.5, 0.6) is 0 Å². The van der Waals surface area contributed by atoms with Crippen LogP contribution in [0.1, 0.15) is 48.9 Å². The monoisotopic (exact) mass is 279 g/mol. The van der Waals surface area contributed by atoms with E-state index in [-0.39, 0.29) is 0 Å². The van der Waals surface area contributed by atoms with Crippen LogP contribution in [0.4, 0.5) is 0 Å². The smallest absolute Gasteiger partial charge is 0.0322 e. The third kappa shape index (κ3) is 4.18. The predicted octanol–water partition coefficient (Wildman–Crippen LogP) is 4.73.